The largest absolute Gasteiger partial charge is 0.493 e. The SMILES string of the molecule is CCOc1ccc(C(CNC(=O)Cc2ccccc2[N+](=O)[O-])N2CCOCC2)cc1OC. The molecular formula is C23H29N3O6. The molecule has 1 amide bonds. The quantitative estimate of drug-likeness (QED) is 0.445. The summed E-state index contributed by atoms with van der Waals surface area (Å²) in [6.07, 6.45) is -0.0560. The van der Waals surface area contributed by atoms with Crippen molar-refractivity contribution in [3.05, 3.63) is 63.7 Å². The van der Waals surface area contributed by atoms with Crippen LogP contribution in [-0.4, -0.2) is 62.3 Å². The molecule has 1 aliphatic heterocycles. The molecule has 32 heavy (non-hydrogen) atoms. The predicted octanol–water partition coefficient (Wildman–Crippen LogP) is 2.73. The highest BCUT2D eigenvalue weighted by Gasteiger charge is 2.25. The second-order valence-corrected chi connectivity index (χ2v) is 7.37. The number of hydrogen-bond acceptors (Lipinski definition) is 7. The number of nitrogens with one attached hydrogen (secondary N) is 1. The molecule has 1 saturated heterocycles. The van der Waals surface area contributed by atoms with Gasteiger partial charge in [-0.05, 0) is 24.6 Å². The number of nitrogens with zero attached hydrogens (tertiary/aromatic N) is 2. The van der Waals surface area contributed by atoms with Crippen molar-refractivity contribution in [1.82, 2.24) is 10.2 Å². The van der Waals surface area contributed by atoms with Crippen LogP contribution in [0.15, 0.2) is 42.5 Å². The molecule has 9 heteroatoms. The molecule has 0 radical (unpaired) electrons. The minimum Gasteiger partial charge on any atom is -0.493 e. The number of para-hydroxylation sites is 1. The average Bonchev–Trinajstić information content (AvgIpc) is 2.81. The molecule has 9 nitrogen and oxygen atoms in total. The third kappa shape index (κ3) is 5.95. The second-order valence-electron chi connectivity index (χ2n) is 7.37. The minimum absolute atomic E-state index is 0.0522. The van der Waals surface area contributed by atoms with Crippen LogP contribution in [0.2, 0.25) is 0 Å². The summed E-state index contributed by atoms with van der Waals surface area (Å²) in [5, 5.41) is 14.2. The molecule has 1 atom stereocenters. The van der Waals surface area contributed by atoms with Gasteiger partial charge in [0.2, 0.25) is 5.91 Å². The maximum atomic E-state index is 12.6. The van der Waals surface area contributed by atoms with Crippen molar-refractivity contribution in [3.63, 3.8) is 0 Å². The zero-order valence-electron chi connectivity index (χ0n) is 18.4. The molecule has 0 spiro atoms. The van der Waals surface area contributed by atoms with E-state index in [0.717, 1.165) is 18.7 Å². The molecule has 0 aromatic heterocycles. The molecule has 0 bridgehead atoms. The fraction of sp³-hybridized carbons (Fsp3) is 0.435. The summed E-state index contributed by atoms with van der Waals surface area (Å²) in [6.45, 7) is 5.52. The number of benzene rings is 2. The molecule has 1 fully saturated rings. The Hall–Kier alpha value is -3.17. The first-order chi connectivity index (χ1) is 15.5. The number of carbonyl (C=O) groups excluding carboxylic acids is 1. The lowest BCUT2D eigenvalue weighted by Gasteiger charge is -2.35. The summed E-state index contributed by atoms with van der Waals surface area (Å²) in [5.74, 6) is 1.03. The lowest BCUT2D eigenvalue weighted by molar-refractivity contribution is -0.385. The van der Waals surface area contributed by atoms with Gasteiger partial charge in [-0.3, -0.25) is 19.8 Å². The summed E-state index contributed by atoms with van der Waals surface area (Å²) in [6, 6.07) is 12.0. The normalized spacial score (nSPS) is 15.1. The Bertz CT molecular complexity index is 930. The number of methoxy groups -OCH3 is 1. The van der Waals surface area contributed by atoms with Crippen LogP contribution in [0.1, 0.15) is 24.1 Å². The number of morpholine rings is 1. The van der Waals surface area contributed by atoms with Crippen molar-refractivity contribution in [3.8, 4) is 11.5 Å². The molecular weight excluding hydrogens is 414 g/mol. The molecule has 0 saturated carbocycles. The molecule has 172 valence electrons. The van der Waals surface area contributed by atoms with Gasteiger partial charge in [-0.25, -0.2) is 0 Å². The predicted molar refractivity (Wildman–Crippen MR) is 119 cm³/mol. The van der Waals surface area contributed by atoms with Crippen molar-refractivity contribution in [1.29, 1.82) is 0 Å². The van der Waals surface area contributed by atoms with E-state index in [2.05, 4.69) is 10.2 Å². The fourth-order valence-electron chi connectivity index (χ4n) is 3.80. The van der Waals surface area contributed by atoms with Crippen LogP contribution in [0.25, 0.3) is 0 Å². The third-order valence-corrected chi connectivity index (χ3v) is 5.39. The number of rotatable bonds is 10. The van der Waals surface area contributed by atoms with E-state index >= 15 is 0 Å². The van der Waals surface area contributed by atoms with Crippen LogP contribution in [0.5, 0.6) is 11.5 Å². The van der Waals surface area contributed by atoms with Gasteiger partial charge in [0.05, 0.1) is 44.3 Å². The van der Waals surface area contributed by atoms with Crippen molar-refractivity contribution in [2.75, 3.05) is 46.6 Å². The first-order valence-corrected chi connectivity index (χ1v) is 10.6. The van der Waals surface area contributed by atoms with Gasteiger partial charge < -0.3 is 19.5 Å². The Morgan fingerprint density at radius 3 is 2.66 bits per heavy atom. The van der Waals surface area contributed by atoms with E-state index in [-0.39, 0.29) is 24.1 Å². The Labute approximate surface area is 187 Å². The monoisotopic (exact) mass is 443 g/mol. The molecule has 0 aliphatic carbocycles. The Kier molecular flexibility index (Phi) is 8.41. The number of carbonyl (C=O) groups is 1. The Morgan fingerprint density at radius 1 is 1.22 bits per heavy atom. The number of hydrogen-bond donors (Lipinski definition) is 1. The van der Waals surface area contributed by atoms with Gasteiger partial charge in [0.25, 0.3) is 5.69 Å². The molecule has 1 aliphatic rings. The van der Waals surface area contributed by atoms with Crippen LogP contribution in [-0.2, 0) is 16.0 Å². The van der Waals surface area contributed by atoms with Gasteiger partial charge >= 0.3 is 0 Å². The van der Waals surface area contributed by atoms with Gasteiger partial charge in [-0.15, -0.1) is 0 Å². The van der Waals surface area contributed by atoms with Gasteiger partial charge in [0.15, 0.2) is 11.5 Å². The lowest BCUT2D eigenvalue weighted by atomic mass is 10.0. The first-order valence-electron chi connectivity index (χ1n) is 10.6. The summed E-state index contributed by atoms with van der Waals surface area (Å²) in [5.41, 5.74) is 1.32. The number of amides is 1. The Balaban J connectivity index is 1.75. The van der Waals surface area contributed by atoms with E-state index in [1.54, 1.807) is 25.3 Å². The number of nitro groups is 1. The summed E-state index contributed by atoms with van der Waals surface area (Å²) < 4.78 is 16.6. The molecule has 3 rings (SSSR count). The average molecular weight is 444 g/mol. The lowest BCUT2D eigenvalue weighted by Crippen LogP contribution is -2.44. The van der Waals surface area contributed by atoms with E-state index in [1.807, 2.05) is 25.1 Å². The smallest absolute Gasteiger partial charge is 0.273 e. The highest BCUT2D eigenvalue weighted by molar-refractivity contribution is 5.79. The first kappa shape index (κ1) is 23.5. The van der Waals surface area contributed by atoms with E-state index in [0.29, 0.717) is 43.4 Å². The fourth-order valence-corrected chi connectivity index (χ4v) is 3.80. The van der Waals surface area contributed by atoms with Crippen molar-refractivity contribution in [2.45, 2.75) is 19.4 Å². The maximum absolute atomic E-state index is 12.6. The van der Waals surface area contributed by atoms with E-state index in [9.17, 15) is 14.9 Å². The minimum atomic E-state index is -0.467. The zero-order valence-corrected chi connectivity index (χ0v) is 18.4. The summed E-state index contributed by atoms with van der Waals surface area (Å²) >= 11 is 0. The van der Waals surface area contributed by atoms with Gasteiger partial charge in [0.1, 0.15) is 0 Å². The van der Waals surface area contributed by atoms with Crippen LogP contribution < -0.4 is 14.8 Å². The number of ether oxygens (including phenoxy) is 3. The highest BCUT2D eigenvalue weighted by Crippen LogP contribution is 2.32. The number of nitro benzene ring substituents is 1. The van der Waals surface area contributed by atoms with Crippen molar-refractivity contribution >= 4 is 11.6 Å². The molecule has 2 aromatic rings. The van der Waals surface area contributed by atoms with Gasteiger partial charge in [-0.1, -0.05) is 24.3 Å². The van der Waals surface area contributed by atoms with Crippen LogP contribution >= 0.6 is 0 Å². The molecule has 2 aromatic carbocycles. The van der Waals surface area contributed by atoms with Crippen LogP contribution in [0.3, 0.4) is 0 Å². The van der Waals surface area contributed by atoms with Crippen molar-refractivity contribution < 1.29 is 23.9 Å². The maximum Gasteiger partial charge on any atom is 0.273 e. The topological polar surface area (TPSA) is 103 Å². The second kappa shape index (κ2) is 11.4. The molecule has 1 heterocycles. The van der Waals surface area contributed by atoms with E-state index in [1.165, 1.54) is 6.07 Å². The molecule has 1 unspecified atom stereocenters. The molecule has 1 N–H and O–H groups in total. The van der Waals surface area contributed by atoms with Gasteiger partial charge in [0, 0.05) is 31.3 Å². The zero-order chi connectivity index (χ0) is 22.9. The summed E-state index contributed by atoms with van der Waals surface area (Å²) in [4.78, 5) is 25.7. The third-order valence-electron chi connectivity index (χ3n) is 5.39. The van der Waals surface area contributed by atoms with E-state index in [4.69, 9.17) is 14.2 Å². The standard InChI is InChI=1S/C23H29N3O6/c1-3-32-21-9-8-18(14-22(21)30-2)20(25-10-12-31-13-11-25)16-24-23(27)15-17-6-4-5-7-19(17)26(28)29/h4-9,14,20H,3,10-13,15-16H2,1-2H3,(H,24,27). The highest BCUT2D eigenvalue weighted by atomic mass is 16.6. The van der Waals surface area contributed by atoms with Gasteiger partial charge in [-0.2, -0.15) is 0 Å². The van der Waals surface area contributed by atoms with Crippen LogP contribution in [0.4, 0.5) is 5.69 Å². The Morgan fingerprint density at radius 2 is 1.97 bits per heavy atom. The summed E-state index contributed by atoms with van der Waals surface area (Å²) in [7, 11) is 1.60. The van der Waals surface area contributed by atoms with Crippen LogP contribution in [0, 0.1) is 10.1 Å². The van der Waals surface area contributed by atoms with E-state index < -0.39 is 4.92 Å². The van der Waals surface area contributed by atoms with Crippen molar-refractivity contribution in [2.24, 2.45) is 0 Å².